The molecule has 0 saturated heterocycles. The van der Waals surface area contributed by atoms with Crippen molar-refractivity contribution in [3.05, 3.63) is 60.2 Å². The molecule has 0 aromatic heterocycles. The molecule has 136 valence electrons. The van der Waals surface area contributed by atoms with Crippen LogP contribution in [0.4, 0.5) is 8.78 Å². The molecule has 8 heteroatoms. The number of rotatable bonds is 5. The van der Waals surface area contributed by atoms with Crippen molar-refractivity contribution in [3.8, 4) is 0 Å². The molecule has 2 N–H and O–H groups in total. The number of benzene rings is 1. The molecule has 2 aliphatic rings. The molecule has 0 unspecified atom stereocenters. The van der Waals surface area contributed by atoms with Crippen molar-refractivity contribution >= 4 is 17.6 Å². The van der Waals surface area contributed by atoms with Gasteiger partial charge in [-0.15, -0.1) is 0 Å². The minimum atomic E-state index is -1.52. The Kier molecular flexibility index (Phi) is 4.58. The maximum Gasteiger partial charge on any atom is 0.310 e. The first-order valence-corrected chi connectivity index (χ1v) is 7.90. The molecule has 0 bridgehead atoms. The second-order valence-corrected chi connectivity index (χ2v) is 6.20. The average Bonchev–Trinajstić information content (AvgIpc) is 3.21. The summed E-state index contributed by atoms with van der Waals surface area (Å²) in [5.41, 5.74) is -1.14. The second-order valence-electron chi connectivity index (χ2n) is 6.20. The predicted octanol–water partition coefficient (Wildman–Crippen LogP) is 2.16. The van der Waals surface area contributed by atoms with Gasteiger partial charge in [0.15, 0.2) is 0 Å². The van der Waals surface area contributed by atoms with E-state index in [0.29, 0.717) is 0 Å². The molecule has 1 amide bonds. The Morgan fingerprint density at radius 3 is 2.58 bits per heavy atom. The van der Waals surface area contributed by atoms with Crippen molar-refractivity contribution in [1.29, 1.82) is 0 Å². The van der Waals surface area contributed by atoms with Crippen LogP contribution in [0.5, 0.6) is 0 Å². The number of nitrogens with one attached hydrogen (secondary N) is 1. The van der Waals surface area contributed by atoms with E-state index >= 15 is 0 Å². The molecular formula is C18H16F2N2O4. The number of halogens is 2. The summed E-state index contributed by atoms with van der Waals surface area (Å²) in [4.78, 5) is 28.9. The zero-order valence-corrected chi connectivity index (χ0v) is 13.6. The van der Waals surface area contributed by atoms with E-state index in [9.17, 15) is 18.4 Å². The fourth-order valence-corrected chi connectivity index (χ4v) is 2.93. The van der Waals surface area contributed by atoms with E-state index in [-0.39, 0.29) is 24.1 Å². The van der Waals surface area contributed by atoms with Gasteiger partial charge in [-0.25, -0.2) is 8.78 Å². The largest absolute Gasteiger partial charge is 0.481 e. The van der Waals surface area contributed by atoms with Gasteiger partial charge in [-0.3, -0.25) is 9.59 Å². The van der Waals surface area contributed by atoms with E-state index in [1.807, 2.05) is 0 Å². The molecule has 1 aliphatic carbocycles. The summed E-state index contributed by atoms with van der Waals surface area (Å²) >= 11 is 0. The zero-order chi connectivity index (χ0) is 18.9. The molecule has 26 heavy (non-hydrogen) atoms. The second kappa shape index (κ2) is 6.70. The van der Waals surface area contributed by atoms with Gasteiger partial charge in [-0.05, 0) is 24.6 Å². The monoisotopic (exact) mass is 362 g/mol. The third-order valence-corrected chi connectivity index (χ3v) is 4.38. The molecule has 1 aliphatic heterocycles. The van der Waals surface area contributed by atoms with Gasteiger partial charge in [0.1, 0.15) is 11.6 Å². The lowest BCUT2D eigenvalue weighted by molar-refractivity contribution is -0.141. The number of hydrogen-bond donors (Lipinski definition) is 2. The summed E-state index contributed by atoms with van der Waals surface area (Å²) in [5, 5.41) is 15.5. The molecule has 6 nitrogen and oxygen atoms in total. The summed E-state index contributed by atoms with van der Waals surface area (Å²) < 4.78 is 26.8. The van der Waals surface area contributed by atoms with Crippen LogP contribution in [0.15, 0.2) is 48.2 Å². The van der Waals surface area contributed by atoms with Crippen LogP contribution in [0.2, 0.25) is 0 Å². The van der Waals surface area contributed by atoms with Crippen LogP contribution in [-0.2, 0) is 14.4 Å². The maximum atomic E-state index is 13.4. The number of aliphatic carboxylic acids is 1. The van der Waals surface area contributed by atoms with E-state index in [1.165, 1.54) is 12.2 Å². The van der Waals surface area contributed by atoms with Gasteiger partial charge in [0.25, 0.3) is 5.91 Å². The highest BCUT2D eigenvalue weighted by atomic mass is 19.1. The third kappa shape index (κ3) is 3.35. The lowest BCUT2D eigenvalue weighted by Crippen LogP contribution is -2.48. The van der Waals surface area contributed by atoms with Crippen LogP contribution in [0.1, 0.15) is 18.4 Å². The van der Waals surface area contributed by atoms with E-state index in [2.05, 4.69) is 17.1 Å². The molecule has 0 fully saturated rings. The first-order valence-electron chi connectivity index (χ1n) is 7.90. The van der Waals surface area contributed by atoms with Crippen LogP contribution < -0.4 is 5.32 Å². The van der Waals surface area contributed by atoms with Gasteiger partial charge >= 0.3 is 5.97 Å². The first kappa shape index (κ1) is 17.8. The quantitative estimate of drug-likeness (QED) is 0.786. The average molecular weight is 362 g/mol. The number of carbonyl (C=O) groups excluding carboxylic acids is 1. The van der Waals surface area contributed by atoms with Crippen LogP contribution in [0, 0.1) is 17.6 Å². The van der Waals surface area contributed by atoms with Crippen LogP contribution in [-0.4, -0.2) is 34.3 Å². The minimum absolute atomic E-state index is 0.0516. The molecule has 1 aromatic carbocycles. The van der Waals surface area contributed by atoms with Gasteiger partial charge in [-0.2, -0.15) is 0 Å². The van der Waals surface area contributed by atoms with E-state index in [1.54, 1.807) is 6.08 Å². The lowest BCUT2D eigenvalue weighted by Gasteiger charge is -2.23. The number of carboxylic acid groups (broad SMARTS) is 1. The topological polar surface area (TPSA) is 88.0 Å². The molecule has 3 rings (SSSR count). The number of oxime groups is 1. The SMILES string of the molecule is C=C[C@]1(C(=O)N[C@H]2C=C[C@@H](C(=O)O)C2)CC(c2cc(F)cc(F)c2)=NO1. The summed E-state index contributed by atoms with van der Waals surface area (Å²) in [6.45, 7) is 3.60. The Labute approximate surface area is 147 Å². The van der Waals surface area contributed by atoms with Crippen LogP contribution >= 0.6 is 0 Å². The normalized spacial score (nSPS) is 26.9. The van der Waals surface area contributed by atoms with Crippen molar-refractivity contribution < 1.29 is 28.3 Å². The third-order valence-electron chi connectivity index (χ3n) is 4.38. The molecule has 0 radical (unpaired) electrons. The molecular weight excluding hydrogens is 346 g/mol. The van der Waals surface area contributed by atoms with Gasteiger partial charge in [-0.1, -0.05) is 23.9 Å². The molecule has 1 aromatic rings. The zero-order valence-electron chi connectivity index (χ0n) is 13.6. The molecule has 0 saturated carbocycles. The predicted molar refractivity (Wildman–Crippen MR) is 88.3 cm³/mol. The summed E-state index contributed by atoms with van der Waals surface area (Å²) in [6.07, 6.45) is 4.57. The smallest absolute Gasteiger partial charge is 0.310 e. The van der Waals surface area contributed by atoms with Gasteiger partial charge in [0, 0.05) is 24.1 Å². The lowest BCUT2D eigenvalue weighted by atomic mass is 9.92. The van der Waals surface area contributed by atoms with Crippen molar-refractivity contribution in [3.63, 3.8) is 0 Å². The highest BCUT2D eigenvalue weighted by Gasteiger charge is 2.45. The Balaban J connectivity index is 1.71. The van der Waals surface area contributed by atoms with E-state index < -0.39 is 41.1 Å². The summed E-state index contributed by atoms with van der Waals surface area (Å²) in [5.74, 6) is -3.71. The van der Waals surface area contributed by atoms with E-state index in [4.69, 9.17) is 9.94 Å². The number of amides is 1. The fourth-order valence-electron chi connectivity index (χ4n) is 2.93. The van der Waals surface area contributed by atoms with Crippen LogP contribution in [0.3, 0.4) is 0 Å². The van der Waals surface area contributed by atoms with Gasteiger partial charge in [0.05, 0.1) is 11.6 Å². The summed E-state index contributed by atoms with van der Waals surface area (Å²) in [7, 11) is 0. The Bertz CT molecular complexity index is 816. The highest BCUT2D eigenvalue weighted by Crippen LogP contribution is 2.30. The van der Waals surface area contributed by atoms with E-state index in [0.717, 1.165) is 18.2 Å². The number of nitrogens with zero attached hydrogens (tertiary/aromatic N) is 1. The standard InChI is InChI=1S/C18H16F2N2O4/c1-2-18(17(25)21-14-4-3-10(7-14)16(23)24)9-15(22-26-18)11-5-12(19)8-13(20)6-11/h2-6,8,10,14H,1,7,9H2,(H,21,25)(H,23,24)/t10-,14+,18-/m1/s1. The van der Waals surface area contributed by atoms with Crippen molar-refractivity contribution in [1.82, 2.24) is 5.32 Å². The molecule has 1 heterocycles. The molecule has 0 spiro atoms. The van der Waals surface area contributed by atoms with Crippen molar-refractivity contribution in [2.45, 2.75) is 24.5 Å². The maximum absolute atomic E-state index is 13.4. The Hall–Kier alpha value is -3.03. The molecule has 3 atom stereocenters. The van der Waals surface area contributed by atoms with Gasteiger partial charge in [0.2, 0.25) is 5.60 Å². The number of hydrogen-bond acceptors (Lipinski definition) is 4. The summed E-state index contributed by atoms with van der Waals surface area (Å²) in [6, 6.07) is 2.47. The number of carbonyl (C=O) groups is 2. The fraction of sp³-hybridized carbons (Fsp3) is 0.278. The van der Waals surface area contributed by atoms with Gasteiger partial charge < -0.3 is 15.3 Å². The highest BCUT2D eigenvalue weighted by molar-refractivity contribution is 6.06. The Morgan fingerprint density at radius 1 is 1.31 bits per heavy atom. The van der Waals surface area contributed by atoms with Crippen molar-refractivity contribution in [2.75, 3.05) is 0 Å². The first-order chi connectivity index (χ1) is 12.3. The van der Waals surface area contributed by atoms with Crippen molar-refractivity contribution in [2.24, 2.45) is 11.1 Å². The minimum Gasteiger partial charge on any atom is -0.481 e. The van der Waals surface area contributed by atoms with Crippen LogP contribution in [0.25, 0.3) is 0 Å². The Morgan fingerprint density at radius 2 is 2.00 bits per heavy atom. The number of carboxylic acids is 1.